The van der Waals surface area contributed by atoms with Gasteiger partial charge >= 0.3 is 0 Å². The van der Waals surface area contributed by atoms with E-state index in [9.17, 15) is 0 Å². The Hall–Kier alpha value is -1.00. The summed E-state index contributed by atoms with van der Waals surface area (Å²) in [5.74, 6) is 0.943. The van der Waals surface area contributed by atoms with Crippen LogP contribution in [0.1, 0.15) is 24.5 Å². The van der Waals surface area contributed by atoms with Crippen molar-refractivity contribution in [2.24, 2.45) is 0 Å². The number of ether oxygens (including phenoxy) is 1. The quantitative estimate of drug-likeness (QED) is 0.635. The predicted molar refractivity (Wildman–Crippen MR) is 96.1 cm³/mol. The third kappa shape index (κ3) is 4.75. The molecule has 112 valence electrons. The summed E-state index contributed by atoms with van der Waals surface area (Å²) < 4.78 is 7.98. The molecule has 0 bridgehead atoms. The number of rotatable bonds is 6. The van der Waals surface area contributed by atoms with Gasteiger partial charge in [0, 0.05) is 26.7 Å². The fourth-order valence-electron chi connectivity index (χ4n) is 1.94. The van der Waals surface area contributed by atoms with Crippen LogP contribution in [0.15, 0.2) is 45.3 Å². The molecule has 2 aromatic carbocycles. The number of hydrogen-bond donors (Lipinski definition) is 1. The molecule has 0 heterocycles. The number of aryl methyl sites for hydroxylation is 1. The molecule has 0 saturated heterocycles. The Bertz CT molecular complexity index is 614. The number of halogens is 2. The Morgan fingerprint density at radius 2 is 1.90 bits per heavy atom. The molecule has 0 saturated carbocycles. The largest absolute Gasteiger partial charge is 0.493 e. The van der Waals surface area contributed by atoms with E-state index in [2.05, 4.69) is 75.3 Å². The zero-order valence-corrected chi connectivity index (χ0v) is 15.4. The summed E-state index contributed by atoms with van der Waals surface area (Å²) in [6.45, 7) is 5.66. The molecule has 0 atom stereocenters. The van der Waals surface area contributed by atoms with Gasteiger partial charge in [-0.25, -0.2) is 0 Å². The van der Waals surface area contributed by atoms with Gasteiger partial charge in [0.15, 0.2) is 0 Å². The fraction of sp³-hybridized carbons (Fsp3) is 0.294. The van der Waals surface area contributed by atoms with Crippen molar-refractivity contribution in [3.8, 4) is 5.75 Å². The van der Waals surface area contributed by atoms with Crippen molar-refractivity contribution in [3.05, 3.63) is 56.5 Å². The molecule has 0 aliphatic rings. The van der Waals surface area contributed by atoms with Crippen LogP contribution in [0.5, 0.6) is 5.75 Å². The molecule has 0 spiro atoms. The lowest BCUT2D eigenvalue weighted by Crippen LogP contribution is -2.04. The lowest BCUT2D eigenvalue weighted by molar-refractivity contribution is 0.314. The molecule has 2 rings (SSSR count). The van der Waals surface area contributed by atoms with E-state index in [1.165, 1.54) is 5.56 Å². The van der Waals surface area contributed by atoms with Gasteiger partial charge in [-0.1, -0.05) is 44.8 Å². The topological polar surface area (TPSA) is 21.3 Å². The molecule has 0 amide bonds. The Labute approximate surface area is 143 Å². The van der Waals surface area contributed by atoms with Crippen molar-refractivity contribution >= 4 is 37.5 Å². The van der Waals surface area contributed by atoms with Crippen molar-refractivity contribution in [3.63, 3.8) is 0 Å². The predicted octanol–water partition coefficient (Wildman–Crippen LogP) is 5.92. The molecule has 21 heavy (non-hydrogen) atoms. The Kier molecular flexibility index (Phi) is 6.12. The minimum Gasteiger partial charge on any atom is -0.493 e. The monoisotopic (exact) mass is 411 g/mol. The van der Waals surface area contributed by atoms with Crippen LogP contribution in [0.25, 0.3) is 0 Å². The van der Waals surface area contributed by atoms with Gasteiger partial charge in [0.2, 0.25) is 0 Å². The summed E-state index contributed by atoms with van der Waals surface area (Å²) in [6.07, 6.45) is 1.01. The van der Waals surface area contributed by atoms with Gasteiger partial charge < -0.3 is 10.1 Å². The highest BCUT2D eigenvalue weighted by molar-refractivity contribution is 9.10. The van der Waals surface area contributed by atoms with E-state index in [0.29, 0.717) is 0 Å². The molecular weight excluding hydrogens is 394 g/mol. The van der Waals surface area contributed by atoms with E-state index >= 15 is 0 Å². The van der Waals surface area contributed by atoms with Gasteiger partial charge in [0.25, 0.3) is 0 Å². The molecule has 1 N–H and O–H groups in total. The first-order chi connectivity index (χ1) is 10.1. The smallest absolute Gasteiger partial charge is 0.124 e. The fourth-order valence-corrected chi connectivity index (χ4v) is 2.73. The van der Waals surface area contributed by atoms with Crippen molar-refractivity contribution in [2.45, 2.75) is 26.8 Å². The summed E-state index contributed by atoms with van der Waals surface area (Å²) >= 11 is 7.08. The first-order valence-corrected chi connectivity index (χ1v) is 8.60. The maximum Gasteiger partial charge on any atom is 0.124 e. The second-order valence-corrected chi connectivity index (χ2v) is 6.69. The van der Waals surface area contributed by atoms with Crippen LogP contribution < -0.4 is 10.1 Å². The zero-order valence-electron chi connectivity index (χ0n) is 12.2. The third-order valence-electron chi connectivity index (χ3n) is 3.14. The van der Waals surface area contributed by atoms with Crippen LogP contribution in [-0.4, -0.2) is 6.61 Å². The Morgan fingerprint density at radius 1 is 1.10 bits per heavy atom. The number of hydrogen-bond acceptors (Lipinski definition) is 2. The number of nitrogens with one attached hydrogen (secondary N) is 1. The highest BCUT2D eigenvalue weighted by Gasteiger charge is 2.05. The van der Waals surface area contributed by atoms with Crippen LogP contribution in [0, 0.1) is 6.92 Å². The SMILES string of the molecule is CCCOc1ccc(Br)cc1CNc1ccc(C)c(Br)c1. The van der Waals surface area contributed by atoms with Gasteiger partial charge in [-0.2, -0.15) is 0 Å². The molecule has 0 aliphatic heterocycles. The average molecular weight is 413 g/mol. The van der Waals surface area contributed by atoms with Crippen molar-refractivity contribution in [1.82, 2.24) is 0 Å². The first-order valence-electron chi connectivity index (χ1n) is 7.01. The first kappa shape index (κ1) is 16.4. The van der Waals surface area contributed by atoms with Crippen LogP contribution in [0.2, 0.25) is 0 Å². The third-order valence-corrected chi connectivity index (χ3v) is 4.49. The summed E-state index contributed by atoms with van der Waals surface area (Å²) in [5, 5.41) is 3.44. The van der Waals surface area contributed by atoms with Gasteiger partial charge in [-0.05, 0) is 49.2 Å². The van der Waals surface area contributed by atoms with E-state index in [4.69, 9.17) is 4.74 Å². The summed E-state index contributed by atoms with van der Waals surface area (Å²) in [4.78, 5) is 0. The van der Waals surface area contributed by atoms with E-state index < -0.39 is 0 Å². The highest BCUT2D eigenvalue weighted by Crippen LogP contribution is 2.26. The van der Waals surface area contributed by atoms with E-state index in [1.54, 1.807) is 0 Å². The molecule has 2 nitrogen and oxygen atoms in total. The molecular formula is C17H19Br2NO. The maximum atomic E-state index is 5.80. The molecule has 4 heteroatoms. The van der Waals surface area contributed by atoms with E-state index in [0.717, 1.165) is 45.5 Å². The van der Waals surface area contributed by atoms with E-state index in [-0.39, 0.29) is 0 Å². The second kappa shape index (κ2) is 7.85. The van der Waals surface area contributed by atoms with Crippen LogP contribution in [-0.2, 0) is 6.54 Å². The summed E-state index contributed by atoms with van der Waals surface area (Å²) in [6, 6.07) is 12.4. The molecule has 2 aromatic rings. The molecule has 0 unspecified atom stereocenters. The van der Waals surface area contributed by atoms with Crippen molar-refractivity contribution in [1.29, 1.82) is 0 Å². The zero-order chi connectivity index (χ0) is 15.2. The number of anilines is 1. The van der Waals surface area contributed by atoms with E-state index in [1.807, 2.05) is 12.1 Å². The maximum absolute atomic E-state index is 5.80. The molecule has 0 aliphatic carbocycles. The lowest BCUT2D eigenvalue weighted by atomic mass is 10.2. The summed E-state index contributed by atoms with van der Waals surface area (Å²) in [7, 11) is 0. The molecule has 0 fully saturated rings. The minimum atomic E-state index is 0.730. The Balaban J connectivity index is 2.10. The van der Waals surface area contributed by atoms with Gasteiger partial charge in [-0.15, -0.1) is 0 Å². The van der Waals surface area contributed by atoms with Crippen LogP contribution >= 0.6 is 31.9 Å². The van der Waals surface area contributed by atoms with Crippen molar-refractivity contribution < 1.29 is 4.74 Å². The normalized spacial score (nSPS) is 10.5. The Morgan fingerprint density at radius 3 is 2.62 bits per heavy atom. The average Bonchev–Trinajstić information content (AvgIpc) is 2.47. The number of benzene rings is 2. The van der Waals surface area contributed by atoms with Gasteiger partial charge in [-0.3, -0.25) is 0 Å². The standard InChI is InChI=1S/C17H19Br2NO/c1-3-8-21-17-7-5-14(18)9-13(17)11-20-15-6-4-12(2)16(19)10-15/h4-7,9-10,20H,3,8,11H2,1-2H3. The van der Waals surface area contributed by atoms with Crippen molar-refractivity contribution in [2.75, 3.05) is 11.9 Å². The minimum absolute atomic E-state index is 0.730. The van der Waals surface area contributed by atoms with Gasteiger partial charge in [0.05, 0.1) is 6.61 Å². The second-order valence-electron chi connectivity index (χ2n) is 4.92. The van der Waals surface area contributed by atoms with Crippen LogP contribution in [0.3, 0.4) is 0 Å². The molecule has 0 radical (unpaired) electrons. The van der Waals surface area contributed by atoms with Gasteiger partial charge in [0.1, 0.15) is 5.75 Å². The molecule has 0 aromatic heterocycles. The lowest BCUT2D eigenvalue weighted by Gasteiger charge is -2.13. The highest BCUT2D eigenvalue weighted by atomic mass is 79.9. The van der Waals surface area contributed by atoms with Crippen LogP contribution in [0.4, 0.5) is 5.69 Å². The summed E-state index contributed by atoms with van der Waals surface area (Å²) in [5.41, 5.74) is 3.47.